The Bertz CT molecular complexity index is 710. The molecule has 1 saturated carbocycles. The lowest BCUT2D eigenvalue weighted by Gasteiger charge is -2.33. The first kappa shape index (κ1) is 15.0. The van der Waals surface area contributed by atoms with E-state index in [-0.39, 0.29) is 6.54 Å². The first-order valence-electron chi connectivity index (χ1n) is 6.69. The second kappa shape index (κ2) is 5.39. The molecular weight excluding hydrogens is 329 g/mol. The van der Waals surface area contributed by atoms with Crippen molar-refractivity contribution in [1.82, 2.24) is 14.8 Å². The highest BCUT2D eigenvalue weighted by Crippen LogP contribution is 2.53. The van der Waals surface area contributed by atoms with Crippen LogP contribution in [0.4, 0.5) is 0 Å². The Labute approximate surface area is 137 Å². The van der Waals surface area contributed by atoms with Crippen molar-refractivity contribution in [3.8, 4) is 0 Å². The molecule has 0 bridgehead atoms. The number of nitrogens with one attached hydrogen (secondary N) is 1. The largest absolute Gasteiger partial charge is 0.386 e. The summed E-state index contributed by atoms with van der Waals surface area (Å²) in [5.41, 5.74) is -0.275. The third-order valence-corrected chi connectivity index (χ3v) is 5.42. The van der Waals surface area contributed by atoms with Gasteiger partial charge in [0, 0.05) is 11.4 Å². The minimum absolute atomic E-state index is 0.240. The number of aromatic amines is 1. The molecule has 1 heterocycles. The molecule has 1 aromatic carbocycles. The van der Waals surface area contributed by atoms with Gasteiger partial charge in [-0.2, -0.15) is 5.10 Å². The van der Waals surface area contributed by atoms with Crippen LogP contribution in [0.2, 0.25) is 5.02 Å². The van der Waals surface area contributed by atoms with Crippen LogP contribution in [0.25, 0.3) is 0 Å². The molecule has 4 nitrogen and oxygen atoms in total. The van der Waals surface area contributed by atoms with Crippen LogP contribution in [0.15, 0.2) is 30.6 Å². The molecule has 0 radical (unpaired) electrons. The average Bonchev–Trinajstić information content (AvgIpc) is 3.09. The van der Waals surface area contributed by atoms with Crippen molar-refractivity contribution >= 4 is 35.4 Å². The highest BCUT2D eigenvalue weighted by molar-refractivity contribution is 7.71. The molecule has 0 spiro atoms. The molecule has 3 rings (SSSR count). The topological polar surface area (TPSA) is 53.8 Å². The van der Waals surface area contributed by atoms with E-state index in [1.807, 2.05) is 24.3 Å². The molecule has 0 unspecified atom stereocenters. The first-order chi connectivity index (χ1) is 9.94. The monoisotopic (exact) mass is 343 g/mol. The maximum atomic E-state index is 11.2. The van der Waals surface area contributed by atoms with Gasteiger partial charge in [-0.3, -0.25) is 0 Å². The van der Waals surface area contributed by atoms with Crippen LogP contribution in [-0.2, 0) is 13.0 Å². The molecule has 2 aromatic rings. The Balaban J connectivity index is 1.93. The molecule has 21 heavy (non-hydrogen) atoms. The molecule has 112 valence electrons. The normalized spacial score (nSPS) is 19.2. The van der Waals surface area contributed by atoms with E-state index in [9.17, 15) is 5.11 Å². The molecule has 7 heteroatoms. The number of H-pyrrole nitrogens is 1. The van der Waals surface area contributed by atoms with E-state index in [0.717, 1.165) is 18.4 Å². The molecule has 1 aromatic heterocycles. The van der Waals surface area contributed by atoms with Gasteiger partial charge < -0.3 is 10.1 Å². The number of aliphatic hydroxyl groups is 1. The van der Waals surface area contributed by atoms with Gasteiger partial charge in [-0.15, -0.1) is 11.6 Å². The van der Waals surface area contributed by atoms with Crippen molar-refractivity contribution in [2.45, 2.75) is 36.3 Å². The van der Waals surface area contributed by atoms with Gasteiger partial charge >= 0.3 is 0 Å². The van der Waals surface area contributed by atoms with Gasteiger partial charge in [0.1, 0.15) is 11.9 Å². The quantitative estimate of drug-likeness (QED) is 0.646. The van der Waals surface area contributed by atoms with Crippen LogP contribution in [-0.4, -0.2) is 30.3 Å². The third kappa shape index (κ3) is 2.88. The number of nitrogens with zero attached hydrogens (tertiary/aromatic N) is 2. The SMILES string of the molecule is O[C@@](Cc1ccccc1Cl)(Cn1nc[nH]c1=S)C1(Cl)CC1. The molecule has 0 aliphatic heterocycles. The zero-order chi connectivity index (χ0) is 15.1. The number of hydrogen-bond acceptors (Lipinski definition) is 3. The van der Waals surface area contributed by atoms with Crippen LogP contribution < -0.4 is 0 Å². The second-order valence-corrected chi connectivity index (χ2v) is 7.03. The molecular formula is C14H15Cl2N3OS. The summed E-state index contributed by atoms with van der Waals surface area (Å²) in [6.07, 6.45) is 3.41. The van der Waals surface area contributed by atoms with E-state index >= 15 is 0 Å². The predicted octanol–water partition coefficient (Wildman–Crippen LogP) is 3.34. The Hall–Kier alpha value is -0.880. The summed E-state index contributed by atoms with van der Waals surface area (Å²) in [5.74, 6) is 0. The molecule has 1 atom stereocenters. The zero-order valence-corrected chi connectivity index (χ0v) is 13.5. The van der Waals surface area contributed by atoms with Crippen molar-refractivity contribution in [3.63, 3.8) is 0 Å². The summed E-state index contributed by atoms with van der Waals surface area (Å²) >= 11 is 17.9. The Kier molecular flexibility index (Phi) is 3.86. The van der Waals surface area contributed by atoms with Crippen molar-refractivity contribution in [1.29, 1.82) is 0 Å². The van der Waals surface area contributed by atoms with E-state index in [1.54, 1.807) is 4.68 Å². The van der Waals surface area contributed by atoms with Crippen LogP contribution in [0.1, 0.15) is 18.4 Å². The fourth-order valence-electron chi connectivity index (χ4n) is 2.53. The summed E-state index contributed by atoms with van der Waals surface area (Å²) in [4.78, 5) is 2.19. The molecule has 1 aliphatic carbocycles. The molecule has 1 aliphatic rings. The highest BCUT2D eigenvalue weighted by atomic mass is 35.5. The standard InChI is InChI=1S/C14H15Cl2N3OS/c15-11-4-2-1-3-10(11)7-14(20,13(16)5-6-13)8-19-12(21)17-9-18-19/h1-4,9,20H,5-8H2,(H,17,18,21)/t14-/m0/s1. The van der Waals surface area contributed by atoms with Gasteiger partial charge in [-0.1, -0.05) is 29.8 Å². The van der Waals surface area contributed by atoms with Gasteiger partial charge in [-0.25, -0.2) is 4.68 Å². The smallest absolute Gasteiger partial charge is 0.195 e. The van der Waals surface area contributed by atoms with Gasteiger partial charge in [0.05, 0.1) is 11.4 Å². The number of hydrogen-bond donors (Lipinski definition) is 2. The fourth-order valence-corrected chi connectivity index (χ4v) is 3.12. The molecule has 0 amide bonds. The van der Waals surface area contributed by atoms with Gasteiger partial charge in [0.2, 0.25) is 0 Å². The first-order valence-corrected chi connectivity index (χ1v) is 7.85. The summed E-state index contributed by atoms with van der Waals surface area (Å²) in [6.45, 7) is 0.240. The van der Waals surface area contributed by atoms with Crippen LogP contribution in [0, 0.1) is 4.77 Å². The maximum Gasteiger partial charge on any atom is 0.195 e. The lowest BCUT2D eigenvalue weighted by Crippen LogP contribution is -2.47. The van der Waals surface area contributed by atoms with E-state index in [2.05, 4.69) is 10.1 Å². The molecule has 1 fully saturated rings. The molecule has 0 saturated heterocycles. The zero-order valence-electron chi connectivity index (χ0n) is 11.2. The lowest BCUT2D eigenvalue weighted by molar-refractivity contribution is 0.00728. The lowest BCUT2D eigenvalue weighted by atomic mass is 9.89. The number of rotatable bonds is 5. The van der Waals surface area contributed by atoms with Crippen molar-refractivity contribution in [2.75, 3.05) is 0 Å². The maximum absolute atomic E-state index is 11.2. The van der Waals surface area contributed by atoms with E-state index in [1.165, 1.54) is 6.33 Å². The van der Waals surface area contributed by atoms with Crippen molar-refractivity contribution < 1.29 is 5.11 Å². The Morgan fingerprint density at radius 3 is 2.71 bits per heavy atom. The summed E-state index contributed by atoms with van der Waals surface area (Å²) < 4.78 is 2.03. The minimum Gasteiger partial charge on any atom is -0.386 e. The van der Waals surface area contributed by atoms with Crippen LogP contribution in [0.3, 0.4) is 0 Å². The second-order valence-electron chi connectivity index (χ2n) is 5.52. The number of halogens is 2. The highest BCUT2D eigenvalue weighted by Gasteiger charge is 2.58. The molecule has 2 N–H and O–H groups in total. The average molecular weight is 344 g/mol. The van der Waals surface area contributed by atoms with E-state index in [4.69, 9.17) is 35.4 Å². The summed E-state index contributed by atoms with van der Waals surface area (Å²) in [6, 6.07) is 7.48. The number of benzene rings is 1. The van der Waals surface area contributed by atoms with Gasteiger partial charge in [0.25, 0.3) is 0 Å². The Morgan fingerprint density at radius 1 is 1.43 bits per heavy atom. The van der Waals surface area contributed by atoms with Crippen molar-refractivity contribution in [2.24, 2.45) is 0 Å². The van der Waals surface area contributed by atoms with E-state index < -0.39 is 10.5 Å². The van der Waals surface area contributed by atoms with Crippen LogP contribution in [0.5, 0.6) is 0 Å². The van der Waals surface area contributed by atoms with E-state index in [0.29, 0.717) is 16.2 Å². The summed E-state index contributed by atoms with van der Waals surface area (Å²) in [5, 5.41) is 15.9. The van der Waals surface area contributed by atoms with Gasteiger partial charge in [-0.05, 0) is 36.7 Å². The van der Waals surface area contributed by atoms with Crippen LogP contribution >= 0.6 is 35.4 Å². The summed E-state index contributed by atoms with van der Waals surface area (Å²) in [7, 11) is 0. The third-order valence-electron chi connectivity index (χ3n) is 3.99. The number of aromatic nitrogens is 3. The van der Waals surface area contributed by atoms with Gasteiger partial charge in [0.15, 0.2) is 4.77 Å². The number of alkyl halides is 1. The van der Waals surface area contributed by atoms with Crippen molar-refractivity contribution in [3.05, 3.63) is 45.9 Å². The predicted molar refractivity (Wildman–Crippen MR) is 85.3 cm³/mol. The Morgan fingerprint density at radius 2 is 2.14 bits per heavy atom. The minimum atomic E-state index is -1.15. The fraction of sp³-hybridized carbons (Fsp3) is 0.429.